The Hall–Kier alpha value is -3.69. The zero-order valence-corrected chi connectivity index (χ0v) is 22.7. The van der Waals surface area contributed by atoms with Crippen molar-refractivity contribution in [1.29, 1.82) is 0 Å². The minimum Gasteiger partial charge on any atom is -0.493 e. The maximum absolute atomic E-state index is 13.9. The topological polar surface area (TPSA) is 95.9 Å². The number of carbonyl (C=O) groups excluding carboxylic acids is 2. The Kier molecular flexibility index (Phi) is 6.23. The first-order valence-corrected chi connectivity index (χ1v) is 13.1. The zero-order chi connectivity index (χ0) is 27.5. The summed E-state index contributed by atoms with van der Waals surface area (Å²) >= 11 is 0. The third kappa shape index (κ3) is 3.78. The molecule has 7 rings (SSSR count). The van der Waals surface area contributed by atoms with Gasteiger partial charge in [0.2, 0.25) is 5.75 Å². The van der Waals surface area contributed by atoms with Crippen LogP contribution in [0.4, 0.5) is 5.69 Å². The standard InChI is InChI=1S/C30H32N2O7/c1-16(10-18-11-24(35-3)28(39-17(2)33)25(12-18)36-4)27-19-13-26-30(14-22(31-27)20(19)15-38-26)21-8-6-7-9-23(21)32(37-5)29(30)34/h6-12,19-20,22,26H,13-15H2,1-5H3/b16-10+/t19-,20+,22+,26-,30+/m1/s1. The molecule has 1 aliphatic carbocycles. The minimum atomic E-state index is -0.805. The second-order valence-corrected chi connectivity index (χ2v) is 10.6. The lowest BCUT2D eigenvalue weighted by molar-refractivity contribution is -0.137. The molecule has 5 atom stereocenters. The van der Waals surface area contributed by atoms with Gasteiger partial charge in [-0.3, -0.25) is 19.4 Å². The van der Waals surface area contributed by atoms with Crippen LogP contribution in [-0.4, -0.2) is 57.7 Å². The van der Waals surface area contributed by atoms with Crippen molar-refractivity contribution < 1.29 is 33.4 Å². The van der Waals surface area contributed by atoms with E-state index in [0.717, 1.165) is 28.1 Å². The van der Waals surface area contributed by atoms with Gasteiger partial charge in [-0.15, -0.1) is 0 Å². The van der Waals surface area contributed by atoms with E-state index in [0.29, 0.717) is 30.9 Å². The third-order valence-corrected chi connectivity index (χ3v) is 8.57. The van der Waals surface area contributed by atoms with Gasteiger partial charge >= 0.3 is 5.97 Å². The van der Waals surface area contributed by atoms with Crippen LogP contribution in [0.3, 0.4) is 0 Å². The SMILES string of the molecule is COc1cc(/C=C(\C)C2=N[C@H]3C[C@@]4(C(=O)N(OC)c5ccccc54)[C@H]4C[C@@H]2[C@@H]3CO4)cc(OC)c1OC(C)=O. The largest absolute Gasteiger partial charge is 0.493 e. The Balaban J connectivity index is 1.36. The number of hydrogen-bond acceptors (Lipinski definition) is 8. The number of hydrogen-bond donors (Lipinski definition) is 0. The smallest absolute Gasteiger partial charge is 0.308 e. The first-order valence-electron chi connectivity index (χ1n) is 13.1. The Bertz CT molecular complexity index is 1390. The molecule has 0 radical (unpaired) electrons. The summed E-state index contributed by atoms with van der Waals surface area (Å²) in [6, 6.07) is 11.4. The van der Waals surface area contributed by atoms with Crippen molar-refractivity contribution in [2.45, 2.75) is 44.2 Å². The van der Waals surface area contributed by atoms with E-state index in [-0.39, 0.29) is 35.6 Å². The summed E-state index contributed by atoms with van der Waals surface area (Å²) in [4.78, 5) is 36.2. The molecule has 1 amide bonds. The molecule has 4 aliphatic heterocycles. The summed E-state index contributed by atoms with van der Waals surface area (Å²) in [6.45, 7) is 3.96. The van der Waals surface area contributed by atoms with Crippen LogP contribution in [0.2, 0.25) is 0 Å². The molecule has 9 nitrogen and oxygen atoms in total. The van der Waals surface area contributed by atoms with Crippen LogP contribution in [0, 0.1) is 11.8 Å². The Morgan fingerprint density at radius 1 is 1.13 bits per heavy atom. The van der Waals surface area contributed by atoms with Crippen LogP contribution in [0.25, 0.3) is 6.08 Å². The molecule has 2 aromatic carbocycles. The Morgan fingerprint density at radius 2 is 1.85 bits per heavy atom. The second kappa shape index (κ2) is 9.50. The second-order valence-electron chi connectivity index (χ2n) is 10.6. The van der Waals surface area contributed by atoms with Gasteiger partial charge in [0.15, 0.2) is 11.5 Å². The van der Waals surface area contributed by atoms with Crippen molar-refractivity contribution in [2.75, 3.05) is 33.0 Å². The molecule has 4 heterocycles. The van der Waals surface area contributed by atoms with Gasteiger partial charge in [-0.05, 0) is 60.7 Å². The number of amides is 1. The fourth-order valence-corrected chi connectivity index (χ4v) is 6.95. The average Bonchev–Trinajstić information content (AvgIpc) is 3.29. The van der Waals surface area contributed by atoms with Gasteiger partial charge in [0.05, 0.1) is 45.8 Å². The van der Waals surface area contributed by atoms with E-state index in [1.54, 1.807) is 0 Å². The van der Waals surface area contributed by atoms with Gasteiger partial charge in [-0.2, -0.15) is 5.06 Å². The van der Waals surface area contributed by atoms with E-state index in [2.05, 4.69) is 6.92 Å². The van der Waals surface area contributed by atoms with Crippen LogP contribution in [-0.2, 0) is 24.6 Å². The molecule has 2 saturated heterocycles. The number of methoxy groups -OCH3 is 2. The number of hydroxylamine groups is 1. The van der Waals surface area contributed by atoms with Crippen molar-refractivity contribution in [3.8, 4) is 17.2 Å². The van der Waals surface area contributed by atoms with Crippen molar-refractivity contribution >= 4 is 29.4 Å². The van der Waals surface area contributed by atoms with Gasteiger partial charge in [0.1, 0.15) is 5.41 Å². The van der Waals surface area contributed by atoms with Gasteiger partial charge in [0, 0.05) is 24.5 Å². The van der Waals surface area contributed by atoms with Crippen LogP contribution < -0.4 is 19.3 Å². The number of carbonyl (C=O) groups is 2. The van der Waals surface area contributed by atoms with Crippen molar-refractivity contribution in [3.63, 3.8) is 0 Å². The average molecular weight is 533 g/mol. The number of allylic oxidation sites excluding steroid dienone is 1. The molecular weight excluding hydrogens is 500 g/mol. The molecule has 9 heteroatoms. The maximum atomic E-state index is 13.9. The fourth-order valence-electron chi connectivity index (χ4n) is 6.95. The van der Waals surface area contributed by atoms with Crippen LogP contribution in [0.5, 0.6) is 17.2 Å². The number of anilines is 1. The molecular formula is C30H32N2O7. The van der Waals surface area contributed by atoms with Gasteiger partial charge in [-0.1, -0.05) is 18.2 Å². The highest BCUT2D eigenvalue weighted by molar-refractivity contribution is 6.09. The molecule has 3 fully saturated rings. The molecule has 0 N–H and O–H groups in total. The summed E-state index contributed by atoms with van der Waals surface area (Å²) in [5.41, 5.74) is 3.87. The highest BCUT2D eigenvalue weighted by Gasteiger charge is 2.64. The molecule has 1 spiro atoms. The molecule has 204 valence electrons. The van der Waals surface area contributed by atoms with E-state index in [1.165, 1.54) is 33.3 Å². The minimum absolute atomic E-state index is 0.0370. The Morgan fingerprint density at radius 3 is 2.51 bits per heavy atom. The first-order chi connectivity index (χ1) is 18.8. The number of esters is 1. The maximum Gasteiger partial charge on any atom is 0.308 e. The molecule has 0 aromatic heterocycles. The number of nitrogens with zero attached hydrogens (tertiary/aromatic N) is 2. The molecule has 2 aromatic rings. The summed E-state index contributed by atoms with van der Waals surface area (Å²) in [5.74, 6) is 0.934. The predicted molar refractivity (Wildman–Crippen MR) is 144 cm³/mol. The highest BCUT2D eigenvalue weighted by Crippen LogP contribution is 2.57. The Labute approximate surface area is 227 Å². The van der Waals surface area contributed by atoms with Gasteiger partial charge in [-0.25, -0.2) is 0 Å². The number of benzene rings is 2. The monoisotopic (exact) mass is 532 g/mol. The van der Waals surface area contributed by atoms with Crippen molar-refractivity contribution in [3.05, 3.63) is 53.1 Å². The predicted octanol–water partition coefficient (Wildman–Crippen LogP) is 4.13. The fraction of sp³-hybridized carbons (Fsp3) is 0.433. The number of ether oxygens (including phenoxy) is 4. The summed E-state index contributed by atoms with van der Waals surface area (Å²) in [5, 5.41) is 1.42. The molecule has 0 unspecified atom stereocenters. The molecule has 5 aliphatic rings. The van der Waals surface area contributed by atoms with Gasteiger partial charge in [0.25, 0.3) is 5.91 Å². The van der Waals surface area contributed by atoms with E-state index in [4.69, 9.17) is 28.8 Å². The summed E-state index contributed by atoms with van der Waals surface area (Å²) < 4.78 is 22.7. The molecule has 4 bridgehead atoms. The van der Waals surface area contributed by atoms with Crippen molar-refractivity contribution in [1.82, 2.24) is 0 Å². The zero-order valence-electron chi connectivity index (χ0n) is 22.7. The molecule has 1 saturated carbocycles. The van der Waals surface area contributed by atoms with Crippen LogP contribution >= 0.6 is 0 Å². The summed E-state index contributed by atoms with van der Waals surface area (Å²) in [6.07, 6.45) is 3.08. The van der Waals surface area contributed by atoms with E-state index >= 15 is 0 Å². The lowest BCUT2D eigenvalue weighted by Crippen LogP contribution is -2.51. The number of aliphatic imine (C=N–C) groups is 1. The van der Waals surface area contributed by atoms with E-state index < -0.39 is 11.4 Å². The first kappa shape index (κ1) is 25.6. The lowest BCUT2D eigenvalue weighted by atomic mass is 9.71. The van der Waals surface area contributed by atoms with E-state index in [9.17, 15) is 9.59 Å². The van der Waals surface area contributed by atoms with Crippen LogP contribution in [0.15, 0.2) is 47.0 Å². The highest BCUT2D eigenvalue weighted by atomic mass is 16.7. The number of rotatable bonds is 6. The number of para-hydroxylation sites is 1. The molecule has 39 heavy (non-hydrogen) atoms. The van der Waals surface area contributed by atoms with Crippen LogP contribution in [0.1, 0.15) is 37.8 Å². The summed E-state index contributed by atoms with van der Waals surface area (Å²) in [7, 11) is 4.58. The lowest BCUT2D eigenvalue weighted by Gasteiger charge is -2.38. The quantitative estimate of drug-likeness (QED) is 0.408. The van der Waals surface area contributed by atoms with Gasteiger partial charge < -0.3 is 18.9 Å². The van der Waals surface area contributed by atoms with E-state index in [1.807, 2.05) is 42.5 Å². The van der Waals surface area contributed by atoms with Crippen molar-refractivity contribution in [2.24, 2.45) is 16.8 Å². The third-order valence-electron chi connectivity index (χ3n) is 8.57. The number of fused-ring (bicyclic) bond motifs is 2. The normalized spacial score (nSPS) is 28.8.